The fourth-order valence-corrected chi connectivity index (χ4v) is 2.49. The van der Waals surface area contributed by atoms with E-state index in [9.17, 15) is 0 Å². The fraction of sp³-hybridized carbons (Fsp3) is 0.875. The molecule has 0 radical (unpaired) electrons. The van der Waals surface area contributed by atoms with Gasteiger partial charge in [0.1, 0.15) is 0 Å². The van der Waals surface area contributed by atoms with Crippen molar-refractivity contribution in [3.63, 3.8) is 0 Å². The van der Waals surface area contributed by atoms with E-state index in [1.807, 2.05) is 6.08 Å². The second-order valence-corrected chi connectivity index (χ2v) is 5.38. The smallest absolute Gasteiger partial charge is 0.0528 e. The summed E-state index contributed by atoms with van der Waals surface area (Å²) in [5.74, 6) is 1.57. The van der Waals surface area contributed by atoms with Crippen LogP contribution in [0.3, 0.4) is 0 Å². The molecular formula is C16H30O2. The maximum atomic E-state index is 5.33. The molecule has 2 atom stereocenters. The molecule has 2 aliphatic heterocycles. The van der Waals surface area contributed by atoms with E-state index in [2.05, 4.69) is 13.5 Å². The molecule has 2 saturated heterocycles. The van der Waals surface area contributed by atoms with Crippen LogP contribution >= 0.6 is 0 Å². The lowest BCUT2D eigenvalue weighted by atomic mass is 9.98. The highest BCUT2D eigenvalue weighted by Crippen LogP contribution is 2.18. The van der Waals surface area contributed by atoms with Crippen molar-refractivity contribution in [3.8, 4) is 0 Å². The van der Waals surface area contributed by atoms with Crippen LogP contribution < -0.4 is 0 Å². The average Bonchev–Trinajstić information content (AvgIpc) is 2.83. The molecule has 2 fully saturated rings. The third-order valence-electron chi connectivity index (χ3n) is 3.93. The standard InChI is InChI=1S/C8H16O.C8H14O/c1-2-8-4-3-6-9-7-5-8;1-2-8-5-3-4-6-9-7-8/h8H,2-7H2,1H3;2,8H,1,3-7H2. The third kappa shape index (κ3) is 7.17. The van der Waals surface area contributed by atoms with Gasteiger partial charge >= 0.3 is 0 Å². The largest absolute Gasteiger partial charge is 0.381 e. The topological polar surface area (TPSA) is 18.5 Å². The third-order valence-corrected chi connectivity index (χ3v) is 3.93. The molecule has 2 heteroatoms. The zero-order valence-corrected chi connectivity index (χ0v) is 12.0. The summed E-state index contributed by atoms with van der Waals surface area (Å²) >= 11 is 0. The Morgan fingerprint density at radius 2 is 1.83 bits per heavy atom. The van der Waals surface area contributed by atoms with E-state index in [1.54, 1.807) is 0 Å². The predicted octanol–water partition coefficient (Wildman–Crippen LogP) is 4.20. The monoisotopic (exact) mass is 254 g/mol. The van der Waals surface area contributed by atoms with Crippen LogP contribution in [0.5, 0.6) is 0 Å². The predicted molar refractivity (Wildman–Crippen MR) is 76.8 cm³/mol. The van der Waals surface area contributed by atoms with Crippen LogP contribution in [0.1, 0.15) is 51.9 Å². The van der Waals surface area contributed by atoms with Crippen molar-refractivity contribution in [2.24, 2.45) is 11.8 Å². The van der Waals surface area contributed by atoms with Gasteiger partial charge in [0.05, 0.1) is 6.61 Å². The van der Waals surface area contributed by atoms with Crippen molar-refractivity contribution in [1.29, 1.82) is 0 Å². The van der Waals surface area contributed by atoms with Crippen molar-refractivity contribution < 1.29 is 9.47 Å². The minimum Gasteiger partial charge on any atom is -0.381 e. The zero-order chi connectivity index (χ0) is 13.1. The highest BCUT2D eigenvalue weighted by Gasteiger charge is 2.09. The fourth-order valence-electron chi connectivity index (χ4n) is 2.49. The highest BCUT2D eigenvalue weighted by atomic mass is 16.5. The zero-order valence-electron chi connectivity index (χ0n) is 12.0. The van der Waals surface area contributed by atoms with Crippen molar-refractivity contribution in [3.05, 3.63) is 12.7 Å². The maximum Gasteiger partial charge on any atom is 0.0528 e. The molecule has 106 valence electrons. The number of hydrogen-bond acceptors (Lipinski definition) is 2. The summed E-state index contributed by atoms with van der Waals surface area (Å²) in [4.78, 5) is 0. The van der Waals surface area contributed by atoms with Gasteiger partial charge in [0.2, 0.25) is 0 Å². The molecule has 2 aliphatic rings. The Hall–Kier alpha value is -0.340. The van der Waals surface area contributed by atoms with Gasteiger partial charge in [-0.1, -0.05) is 25.8 Å². The number of rotatable bonds is 2. The van der Waals surface area contributed by atoms with Crippen LogP contribution in [-0.2, 0) is 9.47 Å². The first-order valence-electron chi connectivity index (χ1n) is 7.64. The van der Waals surface area contributed by atoms with Crippen molar-refractivity contribution in [2.75, 3.05) is 26.4 Å². The van der Waals surface area contributed by atoms with E-state index in [1.165, 1.54) is 44.9 Å². The van der Waals surface area contributed by atoms with Gasteiger partial charge in [0.15, 0.2) is 0 Å². The van der Waals surface area contributed by atoms with Gasteiger partial charge in [-0.3, -0.25) is 0 Å². The summed E-state index contributed by atoms with van der Waals surface area (Å²) in [7, 11) is 0. The Bertz CT molecular complexity index is 187. The lowest BCUT2D eigenvalue weighted by molar-refractivity contribution is 0.128. The number of hydrogen-bond donors (Lipinski definition) is 0. The van der Waals surface area contributed by atoms with Crippen LogP contribution in [0.4, 0.5) is 0 Å². The van der Waals surface area contributed by atoms with E-state index in [4.69, 9.17) is 9.47 Å². The second kappa shape index (κ2) is 10.6. The first-order valence-corrected chi connectivity index (χ1v) is 7.64. The Morgan fingerprint density at radius 1 is 1.00 bits per heavy atom. The summed E-state index contributed by atoms with van der Waals surface area (Å²) < 4.78 is 10.7. The van der Waals surface area contributed by atoms with Gasteiger partial charge in [0, 0.05) is 19.8 Å². The van der Waals surface area contributed by atoms with Crippen LogP contribution in [0.25, 0.3) is 0 Å². The molecule has 2 unspecified atom stereocenters. The van der Waals surface area contributed by atoms with E-state index in [0.717, 1.165) is 32.3 Å². The molecule has 0 spiro atoms. The normalized spacial score (nSPS) is 29.4. The molecule has 0 aliphatic carbocycles. The van der Waals surface area contributed by atoms with Gasteiger partial charge in [-0.25, -0.2) is 0 Å². The van der Waals surface area contributed by atoms with Gasteiger partial charge in [-0.05, 0) is 43.9 Å². The molecule has 2 heterocycles. The minimum absolute atomic E-state index is 0.618. The molecule has 2 nitrogen and oxygen atoms in total. The number of ether oxygens (including phenoxy) is 2. The molecule has 18 heavy (non-hydrogen) atoms. The summed E-state index contributed by atoms with van der Waals surface area (Å²) in [5.41, 5.74) is 0. The molecule has 0 N–H and O–H groups in total. The molecule has 0 aromatic carbocycles. The van der Waals surface area contributed by atoms with Crippen LogP contribution in [-0.4, -0.2) is 26.4 Å². The van der Waals surface area contributed by atoms with Crippen LogP contribution in [0.15, 0.2) is 12.7 Å². The van der Waals surface area contributed by atoms with Crippen LogP contribution in [0.2, 0.25) is 0 Å². The minimum atomic E-state index is 0.618. The van der Waals surface area contributed by atoms with Gasteiger partial charge < -0.3 is 9.47 Å². The quantitative estimate of drug-likeness (QED) is 0.687. The Balaban J connectivity index is 0.000000180. The molecule has 0 aromatic heterocycles. The summed E-state index contributed by atoms with van der Waals surface area (Å²) in [5, 5.41) is 0. The average molecular weight is 254 g/mol. The molecule has 0 bridgehead atoms. The van der Waals surface area contributed by atoms with Crippen LogP contribution in [0, 0.1) is 11.8 Å². The summed E-state index contributed by atoms with van der Waals surface area (Å²) in [6, 6.07) is 0. The van der Waals surface area contributed by atoms with E-state index in [-0.39, 0.29) is 0 Å². The first kappa shape index (κ1) is 15.7. The highest BCUT2D eigenvalue weighted by molar-refractivity contribution is 4.79. The Labute approximate surface area is 113 Å². The molecule has 0 amide bonds. The SMILES string of the molecule is C=CC1CCCCOC1.CCC1CCCOCC1. The molecule has 0 aromatic rings. The molecule has 0 saturated carbocycles. The Morgan fingerprint density at radius 3 is 2.61 bits per heavy atom. The van der Waals surface area contributed by atoms with Gasteiger partial charge in [-0.15, -0.1) is 6.58 Å². The summed E-state index contributed by atoms with van der Waals surface area (Å²) in [6.45, 7) is 9.86. The first-order chi connectivity index (χ1) is 8.86. The van der Waals surface area contributed by atoms with Crippen molar-refractivity contribution in [1.82, 2.24) is 0 Å². The Kier molecular flexibility index (Phi) is 9.23. The lowest BCUT2D eigenvalue weighted by Gasteiger charge is -2.07. The van der Waals surface area contributed by atoms with Crippen molar-refractivity contribution >= 4 is 0 Å². The second-order valence-electron chi connectivity index (χ2n) is 5.38. The lowest BCUT2D eigenvalue weighted by Crippen LogP contribution is -2.02. The maximum absolute atomic E-state index is 5.33. The van der Waals surface area contributed by atoms with Crippen molar-refractivity contribution in [2.45, 2.75) is 51.9 Å². The van der Waals surface area contributed by atoms with E-state index < -0.39 is 0 Å². The van der Waals surface area contributed by atoms with E-state index in [0.29, 0.717) is 5.92 Å². The van der Waals surface area contributed by atoms with Gasteiger partial charge in [-0.2, -0.15) is 0 Å². The molecule has 2 rings (SSSR count). The summed E-state index contributed by atoms with van der Waals surface area (Å²) in [6.07, 6.45) is 11.1. The van der Waals surface area contributed by atoms with Gasteiger partial charge in [0.25, 0.3) is 0 Å². The van der Waals surface area contributed by atoms with E-state index >= 15 is 0 Å². The molecular weight excluding hydrogens is 224 g/mol.